The number of hydrogen-bond donors (Lipinski definition) is 1. The molecule has 1 aliphatic carbocycles. The lowest BCUT2D eigenvalue weighted by Crippen LogP contribution is -2.59. The van der Waals surface area contributed by atoms with Gasteiger partial charge in [0.05, 0.1) is 18.6 Å². The Bertz CT molecular complexity index is 753. The molecule has 146 valence electrons. The van der Waals surface area contributed by atoms with Crippen molar-refractivity contribution >= 4 is 24.0 Å². The number of ether oxygens (including phenoxy) is 3. The number of epoxide rings is 1. The molecule has 0 radical (unpaired) electrons. The van der Waals surface area contributed by atoms with Gasteiger partial charge in [0.2, 0.25) is 0 Å². The van der Waals surface area contributed by atoms with E-state index in [1.807, 2.05) is 0 Å². The molecule has 0 amide bonds. The van der Waals surface area contributed by atoms with E-state index in [0.29, 0.717) is 18.3 Å². The van der Waals surface area contributed by atoms with Crippen LogP contribution in [0.3, 0.4) is 0 Å². The number of carbonyl (C=O) groups is 4. The molecule has 1 spiro atoms. The molecule has 3 rings (SSSR count). The Hall–Kier alpha value is -2.32. The van der Waals surface area contributed by atoms with E-state index in [4.69, 9.17) is 14.2 Å². The summed E-state index contributed by atoms with van der Waals surface area (Å²) in [6.45, 7) is 3.12. The van der Waals surface area contributed by atoms with Crippen LogP contribution in [0.1, 0.15) is 26.7 Å². The summed E-state index contributed by atoms with van der Waals surface area (Å²) < 4.78 is 15.4. The second-order valence-electron chi connectivity index (χ2n) is 7.27. The van der Waals surface area contributed by atoms with Crippen molar-refractivity contribution in [2.75, 3.05) is 7.11 Å². The van der Waals surface area contributed by atoms with Gasteiger partial charge >= 0.3 is 11.9 Å². The van der Waals surface area contributed by atoms with Crippen LogP contribution < -0.4 is 0 Å². The molecule has 8 nitrogen and oxygen atoms in total. The summed E-state index contributed by atoms with van der Waals surface area (Å²) in [4.78, 5) is 48.3. The quantitative estimate of drug-likeness (QED) is 0.320. The van der Waals surface area contributed by atoms with Crippen LogP contribution in [0, 0.1) is 11.3 Å². The second-order valence-corrected chi connectivity index (χ2v) is 7.27. The zero-order chi connectivity index (χ0) is 20.0. The predicted molar refractivity (Wildman–Crippen MR) is 90.3 cm³/mol. The van der Waals surface area contributed by atoms with Gasteiger partial charge in [-0.2, -0.15) is 0 Å². The first-order valence-corrected chi connectivity index (χ1v) is 8.76. The van der Waals surface area contributed by atoms with Gasteiger partial charge in [-0.1, -0.05) is 0 Å². The number of rotatable bonds is 4. The van der Waals surface area contributed by atoms with Crippen LogP contribution in [0.2, 0.25) is 0 Å². The van der Waals surface area contributed by atoms with Gasteiger partial charge in [0.1, 0.15) is 18.0 Å². The summed E-state index contributed by atoms with van der Waals surface area (Å²) in [6.07, 6.45) is 2.29. The summed E-state index contributed by atoms with van der Waals surface area (Å²) in [5.41, 5.74) is -2.53. The molecule has 1 saturated carbocycles. The molecule has 2 heterocycles. The smallest absolute Gasteiger partial charge is 0.338 e. The van der Waals surface area contributed by atoms with E-state index in [0.717, 1.165) is 0 Å². The highest BCUT2D eigenvalue weighted by molar-refractivity contribution is 6.00. The van der Waals surface area contributed by atoms with Gasteiger partial charge < -0.3 is 24.1 Å². The number of esters is 2. The summed E-state index contributed by atoms with van der Waals surface area (Å²) in [7, 11) is 1.19. The predicted octanol–water partition coefficient (Wildman–Crippen LogP) is 0.270. The van der Waals surface area contributed by atoms with Gasteiger partial charge in [-0.05, 0) is 44.4 Å². The monoisotopic (exact) mass is 378 g/mol. The summed E-state index contributed by atoms with van der Waals surface area (Å²) in [6, 6.07) is 0. The molecule has 8 heteroatoms. The van der Waals surface area contributed by atoms with Crippen molar-refractivity contribution in [3.05, 3.63) is 23.8 Å². The fourth-order valence-corrected chi connectivity index (χ4v) is 4.23. The molecule has 6 atom stereocenters. The molecule has 1 saturated heterocycles. The third kappa shape index (κ3) is 2.74. The molecular weight excluding hydrogens is 356 g/mol. The number of cyclic esters (lactones) is 1. The van der Waals surface area contributed by atoms with E-state index >= 15 is 0 Å². The number of allylic oxidation sites excluding steroid dienone is 1. The first kappa shape index (κ1) is 19.4. The van der Waals surface area contributed by atoms with Crippen molar-refractivity contribution in [1.29, 1.82) is 0 Å². The molecule has 3 aliphatic rings. The van der Waals surface area contributed by atoms with Gasteiger partial charge in [0, 0.05) is 12.0 Å². The van der Waals surface area contributed by atoms with Crippen molar-refractivity contribution in [3.8, 4) is 0 Å². The molecule has 2 fully saturated rings. The molecule has 0 aromatic rings. The van der Waals surface area contributed by atoms with Gasteiger partial charge in [0.15, 0.2) is 11.9 Å². The first-order chi connectivity index (χ1) is 12.7. The van der Waals surface area contributed by atoms with Gasteiger partial charge in [-0.3, -0.25) is 4.79 Å². The number of aliphatic hydroxyl groups is 1. The Morgan fingerprint density at radius 3 is 2.63 bits per heavy atom. The van der Waals surface area contributed by atoms with Crippen molar-refractivity contribution < 1.29 is 38.5 Å². The van der Waals surface area contributed by atoms with Gasteiger partial charge in [-0.25, -0.2) is 9.59 Å². The normalized spacial score (nSPS) is 41.9. The number of aldehydes is 1. The Labute approximate surface area is 156 Å². The standard InChI is InChI=1S/C19H22O8/c1-10-11(4-7-15(23)26-10)8-14(22)18(2)13(21)6-5-12(9-20)19(18)16(27-19)17(24)25-3/h4,7-10,12-13,16,21H,5-6H2,1-3H3/b11-8+/t10-,12+,13?,16-,18+,19+/m1/s1. The number of aliphatic hydroxyl groups excluding tert-OH is 1. The summed E-state index contributed by atoms with van der Waals surface area (Å²) >= 11 is 0. The first-order valence-electron chi connectivity index (χ1n) is 8.76. The average Bonchev–Trinajstić information content (AvgIpc) is 3.38. The number of carbonyl (C=O) groups excluding carboxylic acids is 4. The van der Waals surface area contributed by atoms with E-state index in [9.17, 15) is 24.3 Å². The lowest BCUT2D eigenvalue weighted by Gasteiger charge is -2.44. The second kappa shape index (κ2) is 6.69. The average molecular weight is 378 g/mol. The molecule has 1 N–H and O–H groups in total. The zero-order valence-corrected chi connectivity index (χ0v) is 15.3. The number of methoxy groups -OCH3 is 1. The van der Waals surface area contributed by atoms with E-state index in [1.165, 1.54) is 32.3 Å². The third-order valence-electron chi connectivity index (χ3n) is 5.99. The minimum atomic E-state index is -1.53. The van der Waals surface area contributed by atoms with E-state index < -0.39 is 53.0 Å². The number of hydrogen-bond acceptors (Lipinski definition) is 8. The van der Waals surface area contributed by atoms with Crippen molar-refractivity contribution in [3.63, 3.8) is 0 Å². The molecule has 0 bridgehead atoms. The zero-order valence-electron chi connectivity index (χ0n) is 15.3. The van der Waals surface area contributed by atoms with Crippen LogP contribution in [0.25, 0.3) is 0 Å². The van der Waals surface area contributed by atoms with Crippen LogP contribution in [-0.4, -0.2) is 60.1 Å². The van der Waals surface area contributed by atoms with E-state index in [2.05, 4.69) is 0 Å². The van der Waals surface area contributed by atoms with Crippen molar-refractivity contribution in [1.82, 2.24) is 0 Å². The molecule has 0 aromatic carbocycles. The Morgan fingerprint density at radius 2 is 2.04 bits per heavy atom. The Morgan fingerprint density at radius 1 is 1.33 bits per heavy atom. The molecule has 27 heavy (non-hydrogen) atoms. The highest BCUT2D eigenvalue weighted by Gasteiger charge is 2.78. The highest BCUT2D eigenvalue weighted by Crippen LogP contribution is 2.61. The Balaban J connectivity index is 2.03. The van der Waals surface area contributed by atoms with Gasteiger partial charge in [-0.15, -0.1) is 0 Å². The third-order valence-corrected chi connectivity index (χ3v) is 5.99. The molecule has 1 unspecified atom stereocenters. The summed E-state index contributed by atoms with van der Waals surface area (Å²) in [5, 5.41) is 10.7. The topological polar surface area (TPSA) is 119 Å². The number of ketones is 1. The maximum absolute atomic E-state index is 13.2. The van der Waals surface area contributed by atoms with Crippen LogP contribution in [0.5, 0.6) is 0 Å². The fourth-order valence-electron chi connectivity index (χ4n) is 4.23. The van der Waals surface area contributed by atoms with Crippen molar-refractivity contribution in [2.45, 2.75) is 50.6 Å². The van der Waals surface area contributed by atoms with Crippen LogP contribution >= 0.6 is 0 Å². The van der Waals surface area contributed by atoms with Gasteiger partial charge in [0.25, 0.3) is 0 Å². The molecule has 0 aromatic heterocycles. The van der Waals surface area contributed by atoms with E-state index in [-0.39, 0.29) is 6.42 Å². The molecule has 2 aliphatic heterocycles. The van der Waals surface area contributed by atoms with E-state index in [1.54, 1.807) is 6.92 Å². The maximum Gasteiger partial charge on any atom is 0.338 e. The molecular formula is C19H22O8. The largest absolute Gasteiger partial charge is 0.467 e. The minimum Gasteiger partial charge on any atom is -0.467 e. The highest BCUT2D eigenvalue weighted by atomic mass is 16.7. The lowest BCUT2D eigenvalue weighted by molar-refractivity contribution is -0.149. The van der Waals surface area contributed by atoms with Crippen LogP contribution in [-0.2, 0) is 33.4 Å². The van der Waals surface area contributed by atoms with Crippen LogP contribution in [0.15, 0.2) is 23.8 Å². The van der Waals surface area contributed by atoms with Crippen LogP contribution in [0.4, 0.5) is 0 Å². The summed E-state index contributed by atoms with van der Waals surface area (Å²) in [5.74, 6) is -2.43. The SMILES string of the molecule is COC(=O)[C@H]1O[C@@]12[C@H](C=O)CCC(O)[C@@]2(C)C(=O)/C=C1\C=CC(=O)O[C@@H]1C. The lowest BCUT2D eigenvalue weighted by atomic mass is 9.57. The Kier molecular flexibility index (Phi) is 4.81. The fraction of sp³-hybridized carbons (Fsp3) is 0.579. The minimum absolute atomic E-state index is 0.216. The van der Waals surface area contributed by atoms with Crippen molar-refractivity contribution in [2.24, 2.45) is 11.3 Å². The maximum atomic E-state index is 13.2.